The van der Waals surface area contributed by atoms with Gasteiger partial charge in [0, 0.05) is 63.8 Å². The molecule has 0 aliphatic heterocycles. The van der Waals surface area contributed by atoms with E-state index in [9.17, 15) is 0 Å². The molecular formula is C35H21N7. The minimum atomic E-state index is 0.544. The Kier molecular flexibility index (Phi) is 5.64. The van der Waals surface area contributed by atoms with Crippen molar-refractivity contribution in [1.82, 2.24) is 34.9 Å². The lowest BCUT2D eigenvalue weighted by Crippen LogP contribution is -2.01. The largest absolute Gasteiger partial charge is 0.265 e. The summed E-state index contributed by atoms with van der Waals surface area (Å²) in [7, 11) is 0. The molecule has 0 fully saturated rings. The fourth-order valence-corrected chi connectivity index (χ4v) is 5.38. The molecule has 0 atom stereocenters. The lowest BCUT2D eigenvalue weighted by molar-refractivity contribution is 1.07. The van der Waals surface area contributed by atoms with Crippen molar-refractivity contribution in [1.29, 1.82) is 0 Å². The third-order valence-corrected chi connectivity index (χ3v) is 7.36. The third kappa shape index (κ3) is 4.12. The predicted molar refractivity (Wildman–Crippen MR) is 165 cm³/mol. The van der Waals surface area contributed by atoms with Gasteiger partial charge in [-0.3, -0.25) is 15.0 Å². The Bertz CT molecular complexity index is 2180. The third-order valence-electron chi connectivity index (χ3n) is 7.36. The highest BCUT2D eigenvalue weighted by Gasteiger charge is 2.17. The summed E-state index contributed by atoms with van der Waals surface area (Å²) < 4.78 is 0. The lowest BCUT2D eigenvalue weighted by Gasteiger charge is -2.13. The van der Waals surface area contributed by atoms with Crippen LogP contribution in [0.5, 0.6) is 0 Å². The highest BCUT2D eigenvalue weighted by atomic mass is 15.0. The number of para-hydroxylation sites is 1. The van der Waals surface area contributed by atoms with Gasteiger partial charge in [0.25, 0.3) is 0 Å². The maximum absolute atomic E-state index is 5.12. The van der Waals surface area contributed by atoms with Crippen molar-refractivity contribution < 1.29 is 0 Å². The molecule has 7 heteroatoms. The second kappa shape index (κ2) is 9.91. The first-order valence-electron chi connectivity index (χ1n) is 13.6. The van der Waals surface area contributed by atoms with Crippen molar-refractivity contribution >= 4 is 32.4 Å². The summed E-state index contributed by atoms with van der Waals surface area (Å²) in [5.41, 5.74) is 5.00. The van der Waals surface area contributed by atoms with E-state index in [4.69, 9.17) is 24.9 Å². The fourth-order valence-electron chi connectivity index (χ4n) is 5.38. The van der Waals surface area contributed by atoms with Crippen molar-refractivity contribution in [3.63, 3.8) is 0 Å². The summed E-state index contributed by atoms with van der Waals surface area (Å²) in [6, 6.07) is 32.5. The quantitative estimate of drug-likeness (QED) is 0.213. The maximum Gasteiger partial charge on any atom is 0.164 e. The zero-order valence-corrected chi connectivity index (χ0v) is 22.3. The van der Waals surface area contributed by atoms with Gasteiger partial charge in [0.2, 0.25) is 0 Å². The van der Waals surface area contributed by atoms with E-state index in [1.54, 1.807) is 31.0 Å². The Labute approximate surface area is 240 Å². The van der Waals surface area contributed by atoms with Crippen LogP contribution in [0.15, 0.2) is 128 Å². The number of pyridine rings is 4. The van der Waals surface area contributed by atoms with Crippen LogP contribution in [0.25, 0.3) is 78.0 Å². The van der Waals surface area contributed by atoms with Crippen molar-refractivity contribution in [3.8, 4) is 45.6 Å². The van der Waals surface area contributed by atoms with Gasteiger partial charge in [-0.1, -0.05) is 54.6 Å². The summed E-state index contributed by atoms with van der Waals surface area (Å²) in [5, 5.41) is 5.70. The Morgan fingerprint density at radius 3 is 1.74 bits per heavy atom. The molecule has 0 saturated carbocycles. The molecule has 42 heavy (non-hydrogen) atoms. The fraction of sp³-hybridized carbons (Fsp3) is 0. The van der Waals surface area contributed by atoms with Crippen LogP contribution in [-0.4, -0.2) is 34.9 Å². The number of rotatable bonds is 4. The molecule has 5 heterocycles. The van der Waals surface area contributed by atoms with Gasteiger partial charge in [-0.2, -0.15) is 0 Å². The molecule has 0 spiro atoms. The summed E-state index contributed by atoms with van der Waals surface area (Å²) in [5.74, 6) is 1.67. The standard InChI is InChI=1S/C35H21N7/c1-2-6-26-22(5-1)9-10-28-31(26)27-7-3-4-8-29(27)39-32(28)30-21-25(15-20-38-30)35-41-33(23-11-16-36-17-12-23)40-34(42-35)24-13-18-37-19-14-24/h1-21H. The zero-order valence-electron chi connectivity index (χ0n) is 22.3. The molecule has 0 aliphatic rings. The van der Waals surface area contributed by atoms with E-state index in [0.717, 1.165) is 44.4 Å². The number of benzene rings is 3. The van der Waals surface area contributed by atoms with E-state index in [1.807, 2.05) is 42.5 Å². The van der Waals surface area contributed by atoms with E-state index >= 15 is 0 Å². The molecule has 5 aromatic heterocycles. The second-order valence-electron chi connectivity index (χ2n) is 9.89. The number of hydrogen-bond donors (Lipinski definition) is 0. The highest BCUT2D eigenvalue weighted by Crippen LogP contribution is 2.37. The molecule has 0 N–H and O–H groups in total. The first kappa shape index (κ1) is 23.9. The van der Waals surface area contributed by atoms with E-state index in [2.05, 4.69) is 64.6 Å². The predicted octanol–water partition coefficient (Wildman–Crippen LogP) is 7.58. The molecule has 3 aromatic carbocycles. The van der Waals surface area contributed by atoms with Crippen molar-refractivity contribution in [3.05, 3.63) is 128 Å². The average molecular weight is 540 g/mol. The topological polar surface area (TPSA) is 90.2 Å². The molecule has 0 bridgehead atoms. The molecule has 8 rings (SSSR count). The molecule has 0 amide bonds. The van der Waals surface area contributed by atoms with Gasteiger partial charge >= 0.3 is 0 Å². The van der Waals surface area contributed by atoms with Crippen LogP contribution in [0, 0.1) is 0 Å². The van der Waals surface area contributed by atoms with E-state index in [0.29, 0.717) is 17.5 Å². The molecule has 196 valence electrons. The number of aromatic nitrogens is 7. The van der Waals surface area contributed by atoms with E-state index < -0.39 is 0 Å². The van der Waals surface area contributed by atoms with Crippen LogP contribution < -0.4 is 0 Å². The first-order valence-corrected chi connectivity index (χ1v) is 13.6. The number of nitrogens with zero attached hydrogens (tertiary/aromatic N) is 7. The molecular weight excluding hydrogens is 518 g/mol. The Morgan fingerprint density at radius 2 is 1.02 bits per heavy atom. The summed E-state index contributed by atoms with van der Waals surface area (Å²) in [6.45, 7) is 0. The SMILES string of the molecule is c1ccc2c(c1)ccc1c(-c3cc(-c4nc(-c5ccncc5)nc(-c5ccncc5)n4)ccn3)nc3ccccc3c12. The van der Waals surface area contributed by atoms with Gasteiger partial charge in [0.05, 0.1) is 16.9 Å². The van der Waals surface area contributed by atoms with Crippen LogP contribution in [0.3, 0.4) is 0 Å². The molecule has 0 saturated heterocycles. The van der Waals surface area contributed by atoms with Gasteiger partial charge < -0.3 is 0 Å². The van der Waals surface area contributed by atoms with Crippen LogP contribution >= 0.6 is 0 Å². The first-order chi connectivity index (χ1) is 20.8. The smallest absolute Gasteiger partial charge is 0.164 e. The summed E-state index contributed by atoms with van der Waals surface area (Å²) >= 11 is 0. The minimum Gasteiger partial charge on any atom is -0.265 e. The van der Waals surface area contributed by atoms with Crippen molar-refractivity contribution in [2.45, 2.75) is 0 Å². The second-order valence-corrected chi connectivity index (χ2v) is 9.89. The minimum absolute atomic E-state index is 0.544. The lowest BCUT2D eigenvalue weighted by atomic mass is 9.96. The van der Waals surface area contributed by atoms with Gasteiger partial charge in [0.1, 0.15) is 0 Å². The maximum atomic E-state index is 5.12. The summed E-state index contributed by atoms with van der Waals surface area (Å²) in [4.78, 5) is 32.7. The van der Waals surface area contributed by atoms with Gasteiger partial charge in [-0.15, -0.1) is 0 Å². The number of hydrogen-bond acceptors (Lipinski definition) is 7. The summed E-state index contributed by atoms with van der Waals surface area (Å²) in [6.07, 6.45) is 8.72. The monoisotopic (exact) mass is 539 g/mol. The Morgan fingerprint density at radius 1 is 0.429 bits per heavy atom. The van der Waals surface area contributed by atoms with E-state index in [-0.39, 0.29) is 0 Å². The Balaban J connectivity index is 1.35. The number of fused-ring (bicyclic) bond motifs is 5. The van der Waals surface area contributed by atoms with Crippen molar-refractivity contribution in [2.75, 3.05) is 0 Å². The van der Waals surface area contributed by atoms with Crippen LogP contribution in [-0.2, 0) is 0 Å². The molecule has 0 aliphatic carbocycles. The molecule has 0 radical (unpaired) electrons. The molecule has 8 aromatic rings. The van der Waals surface area contributed by atoms with Gasteiger partial charge in [0.15, 0.2) is 17.5 Å². The van der Waals surface area contributed by atoms with Gasteiger partial charge in [-0.25, -0.2) is 19.9 Å². The average Bonchev–Trinajstić information content (AvgIpc) is 3.08. The normalized spacial score (nSPS) is 11.3. The van der Waals surface area contributed by atoms with Crippen molar-refractivity contribution in [2.24, 2.45) is 0 Å². The van der Waals surface area contributed by atoms with Gasteiger partial charge in [-0.05, 0) is 53.2 Å². The Hall–Kier alpha value is -5.95. The van der Waals surface area contributed by atoms with Crippen LogP contribution in [0.4, 0.5) is 0 Å². The van der Waals surface area contributed by atoms with Crippen LogP contribution in [0.2, 0.25) is 0 Å². The highest BCUT2D eigenvalue weighted by molar-refractivity contribution is 6.22. The van der Waals surface area contributed by atoms with Crippen LogP contribution in [0.1, 0.15) is 0 Å². The zero-order chi connectivity index (χ0) is 27.9. The van der Waals surface area contributed by atoms with E-state index in [1.165, 1.54) is 16.2 Å². The molecule has 0 unspecified atom stereocenters. The molecule has 7 nitrogen and oxygen atoms in total.